The summed E-state index contributed by atoms with van der Waals surface area (Å²) >= 11 is 0. The van der Waals surface area contributed by atoms with Crippen LogP contribution in [0.5, 0.6) is 0 Å². The molecule has 0 aliphatic heterocycles. The maximum absolute atomic E-state index is 11.9. The van der Waals surface area contributed by atoms with Crippen LogP contribution in [-0.2, 0) is 4.74 Å². The number of nitro benzene ring substituents is 1. The van der Waals surface area contributed by atoms with Crippen LogP contribution in [-0.4, -0.2) is 28.6 Å². The summed E-state index contributed by atoms with van der Waals surface area (Å²) in [6.45, 7) is 3.43. The van der Waals surface area contributed by atoms with Crippen molar-refractivity contribution in [2.75, 3.05) is 6.61 Å². The van der Waals surface area contributed by atoms with Crippen LogP contribution in [0, 0.1) is 17.0 Å². The van der Waals surface area contributed by atoms with E-state index in [4.69, 9.17) is 9.84 Å². The van der Waals surface area contributed by atoms with Gasteiger partial charge in [-0.3, -0.25) is 10.1 Å². The number of hydrogen-bond acceptors (Lipinski definition) is 5. The Kier molecular flexibility index (Phi) is 4.93. The second-order valence-corrected chi connectivity index (χ2v) is 5.08. The quantitative estimate of drug-likeness (QED) is 0.511. The molecule has 0 aliphatic carbocycles. The summed E-state index contributed by atoms with van der Waals surface area (Å²) in [6, 6.07) is 8.55. The van der Waals surface area contributed by atoms with Gasteiger partial charge in [-0.2, -0.15) is 0 Å². The van der Waals surface area contributed by atoms with Gasteiger partial charge in [0.25, 0.3) is 5.69 Å². The molecule has 0 heterocycles. The molecule has 2 aromatic rings. The number of hydrogen-bond donors (Lipinski definition) is 1. The van der Waals surface area contributed by atoms with Crippen molar-refractivity contribution in [3.05, 3.63) is 63.2 Å². The first-order valence-corrected chi connectivity index (χ1v) is 7.14. The molecule has 7 heteroatoms. The van der Waals surface area contributed by atoms with Crippen molar-refractivity contribution in [3.8, 4) is 11.1 Å². The third-order valence-corrected chi connectivity index (χ3v) is 3.43. The summed E-state index contributed by atoms with van der Waals surface area (Å²) in [5, 5.41) is 20.2. The molecule has 0 bridgehead atoms. The fourth-order valence-electron chi connectivity index (χ4n) is 2.30. The van der Waals surface area contributed by atoms with E-state index in [0.717, 1.165) is 6.07 Å². The average molecular weight is 329 g/mol. The summed E-state index contributed by atoms with van der Waals surface area (Å²) < 4.78 is 4.89. The molecule has 24 heavy (non-hydrogen) atoms. The monoisotopic (exact) mass is 329 g/mol. The lowest BCUT2D eigenvalue weighted by molar-refractivity contribution is -0.384. The summed E-state index contributed by atoms with van der Waals surface area (Å²) in [4.78, 5) is 33.5. The molecule has 0 aromatic heterocycles. The second kappa shape index (κ2) is 6.91. The maximum atomic E-state index is 11.9. The zero-order valence-electron chi connectivity index (χ0n) is 13.1. The van der Waals surface area contributed by atoms with Crippen molar-refractivity contribution in [1.29, 1.82) is 0 Å². The van der Waals surface area contributed by atoms with Crippen molar-refractivity contribution in [3.63, 3.8) is 0 Å². The summed E-state index contributed by atoms with van der Waals surface area (Å²) in [7, 11) is 0. The molecule has 0 spiro atoms. The van der Waals surface area contributed by atoms with Gasteiger partial charge in [-0.25, -0.2) is 9.59 Å². The predicted molar refractivity (Wildman–Crippen MR) is 86.2 cm³/mol. The number of nitro groups is 1. The first kappa shape index (κ1) is 17.1. The molecule has 2 rings (SSSR count). The van der Waals surface area contributed by atoms with Gasteiger partial charge in [0, 0.05) is 12.1 Å². The Hall–Kier alpha value is -3.22. The van der Waals surface area contributed by atoms with Gasteiger partial charge in [-0.05, 0) is 42.7 Å². The molecular formula is C17H15NO6. The SMILES string of the molecule is CCOC(=O)c1cc(-c2ccc(C(=O)O)c(C)c2)cc([N+](=O)[O-])c1. The van der Waals surface area contributed by atoms with Gasteiger partial charge in [-0.1, -0.05) is 12.1 Å². The maximum Gasteiger partial charge on any atom is 0.338 e. The molecular weight excluding hydrogens is 314 g/mol. The van der Waals surface area contributed by atoms with Crippen LogP contribution in [0.3, 0.4) is 0 Å². The number of non-ortho nitro benzene ring substituents is 1. The highest BCUT2D eigenvalue weighted by Crippen LogP contribution is 2.28. The van der Waals surface area contributed by atoms with Crippen LogP contribution in [0.2, 0.25) is 0 Å². The van der Waals surface area contributed by atoms with Crippen molar-refractivity contribution in [2.24, 2.45) is 0 Å². The van der Waals surface area contributed by atoms with Gasteiger partial charge in [0.05, 0.1) is 22.7 Å². The number of ether oxygens (including phenoxy) is 1. The van der Waals surface area contributed by atoms with E-state index >= 15 is 0 Å². The molecule has 0 saturated heterocycles. The van der Waals surface area contributed by atoms with Crippen molar-refractivity contribution >= 4 is 17.6 Å². The molecule has 124 valence electrons. The first-order chi connectivity index (χ1) is 11.3. The minimum Gasteiger partial charge on any atom is -0.478 e. The average Bonchev–Trinajstić information content (AvgIpc) is 2.54. The molecule has 1 N–H and O–H groups in total. The van der Waals surface area contributed by atoms with Gasteiger partial charge in [0.2, 0.25) is 0 Å². The fraction of sp³-hybridized carbons (Fsp3) is 0.176. The number of carbonyl (C=O) groups excluding carboxylic acids is 1. The Labute approximate surface area is 137 Å². The van der Waals surface area contributed by atoms with Gasteiger partial charge in [0.1, 0.15) is 0 Å². The normalized spacial score (nSPS) is 10.2. The fourth-order valence-corrected chi connectivity index (χ4v) is 2.30. The standard InChI is InChI=1S/C17H15NO6/c1-3-24-17(21)13-7-12(8-14(9-13)18(22)23)11-4-5-15(16(19)20)10(2)6-11/h4-9H,3H2,1-2H3,(H,19,20). The van der Waals surface area contributed by atoms with Crippen molar-refractivity contribution in [1.82, 2.24) is 0 Å². The lowest BCUT2D eigenvalue weighted by Gasteiger charge is -2.08. The molecule has 0 fully saturated rings. The van der Waals surface area contributed by atoms with Gasteiger partial charge in [0.15, 0.2) is 0 Å². The van der Waals surface area contributed by atoms with E-state index in [9.17, 15) is 19.7 Å². The highest BCUT2D eigenvalue weighted by molar-refractivity contribution is 5.93. The van der Waals surface area contributed by atoms with Crippen LogP contribution < -0.4 is 0 Å². The van der Waals surface area contributed by atoms with Crippen LogP contribution >= 0.6 is 0 Å². The number of carboxylic acid groups (broad SMARTS) is 1. The number of benzene rings is 2. The molecule has 7 nitrogen and oxygen atoms in total. The van der Waals surface area contributed by atoms with Crippen molar-refractivity contribution < 1.29 is 24.4 Å². The van der Waals surface area contributed by atoms with E-state index in [0.29, 0.717) is 16.7 Å². The number of aryl methyl sites for hydroxylation is 1. The van der Waals surface area contributed by atoms with E-state index in [1.807, 2.05) is 0 Å². The summed E-state index contributed by atoms with van der Waals surface area (Å²) in [5.41, 5.74) is 1.51. The molecule has 0 amide bonds. The van der Waals surface area contributed by atoms with Gasteiger partial charge >= 0.3 is 11.9 Å². The van der Waals surface area contributed by atoms with Gasteiger partial charge in [-0.15, -0.1) is 0 Å². The zero-order valence-corrected chi connectivity index (χ0v) is 13.1. The number of nitrogens with zero attached hydrogens (tertiary/aromatic N) is 1. The van der Waals surface area contributed by atoms with Crippen LogP contribution in [0.4, 0.5) is 5.69 Å². The summed E-state index contributed by atoms with van der Waals surface area (Å²) in [5.74, 6) is -1.70. The van der Waals surface area contributed by atoms with E-state index in [-0.39, 0.29) is 23.4 Å². The Morgan fingerprint density at radius 1 is 1.17 bits per heavy atom. The van der Waals surface area contributed by atoms with Gasteiger partial charge < -0.3 is 9.84 Å². The Morgan fingerprint density at radius 2 is 1.88 bits per heavy atom. The Morgan fingerprint density at radius 3 is 2.42 bits per heavy atom. The predicted octanol–water partition coefficient (Wildman–Crippen LogP) is 3.45. The van der Waals surface area contributed by atoms with Crippen LogP contribution in [0.25, 0.3) is 11.1 Å². The number of carboxylic acids is 1. The minimum absolute atomic E-state index is 0.0704. The number of aromatic carboxylic acids is 1. The van der Waals surface area contributed by atoms with E-state index < -0.39 is 16.9 Å². The molecule has 0 radical (unpaired) electrons. The molecule has 0 aliphatic rings. The number of carbonyl (C=O) groups is 2. The third kappa shape index (κ3) is 3.57. The third-order valence-electron chi connectivity index (χ3n) is 3.43. The Balaban J connectivity index is 2.57. The molecule has 0 saturated carbocycles. The zero-order chi connectivity index (χ0) is 17.9. The largest absolute Gasteiger partial charge is 0.478 e. The lowest BCUT2D eigenvalue weighted by atomic mass is 9.98. The highest BCUT2D eigenvalue weighted by atomic mass is 16.6. The van der Waals surface area contributed by atoms with Crippen LogP contribution in [0.15, 0.2) is 36.4 Å². The smallest absolute Gasteiger partial charge is 0.338 e. The molecule has 0 atom stereocenters. The number of esters is 1. The molecule has 2 aromatic carbocycles. The van der Waals surface area contributed by atoms with Crippen LogP contribution in [0.1, 0.15) is 33.2 Å². The summed E-state index contributed by atoms with van der Waals surface area (Å²) in [6.07, 6.45) is 0. The van der Waals surface area contributed by atoms with E-state index in [2.05, 4.69) is 0 Å². The van der Waals surface area contributed by atoms with E-state index in [1.165, 1.54) is 18.2 Å². The highest BCUT2D eigenvalue weighted by Gasteiger charge is 2.17. The lowest BCUT2D eigenvalue weighted by Crippen LogP contribution is -2.06. The molecule has 0 unspecified atom stereocenters. The minimum atomic E-state index is -1.05. The first-order valence-electron chi connectivity index (χ1n) is 7.14. The second-order valence-electron chi connectivity index (χ2n) is 5.08. The van der Waals surface area contributed by atoms with Crippen molar-refractivity contribution in [2.45, 2.75) is 13.8 Å². The van der Waals surface area contributed by atoms with E-state index in [1.54, 1.807) is 26.0 Å². The number of rotatable bonds is 5. The topological polar surface area (TPSA) is 107 Å². The Bertz CT molecular complexity index is 828.